The minimum Gasteiger partial charge on any atom is -0.496 e. The fourth-order valence-corrected chi connectivity index (χ4v) is 5.77. The first kappa shape index (κ1) is 19.9. The summed E-state index contributed by atoms with van der Waals surface area (Å²) in [5.74, 6) is 0.479. The number of rotatable bonds is 6. The first-order chi connectivity index (χ1) is 13.0. The zero-order valence-corrected chi connectivity index (χ0v) is 16.5. The van der Waals surface area contributed by atoms with Gasteiger partial charge < -0.3 is 14.6 Å². The van der Waals surface area contributed by atoms with Crippen molar-refractivity contribution in [1.29, 1.82) is 0 Å². The number of benzene rings is 2. The minimum absolute atomic E-state index is 0.132. The maximum absolute atomic E-state index is 13.5. The van der Waals surface area contributed by atoms with Gasteiger partial charge in [-0.15, -0.1) is 0 Å². The summed E-state index contributed by atoms with van der Waals surface area (Å²) in [7, 11) is -2.24. The third kappa shape index (κ3) is 4.03. The van der Waals surface area contributed by atoms with Gasteiger partial charge in [0, 0.05) is 13.2 Å². The minimum atomic E-state index is -3.80. The molecular weight excluding hydrogens is 364 g/mol. The molecule has 1 N–H and O–H groups in total. The van der Waals surface area contributed by atoms with E-state index >= 15 is 0 Å². The van der Waals surface area contributed by atoms with E-state index in [4.69, 9.17) is 9.47 Å². The van der Waals surface area contributed by atoms with Crippen LogP contribution in [0.5, 0.6) is 5.75 Å². The lowest BCUT2D eigenvalue weighted by Crippen LogP contribution is -2.36. The zero-order chi connectivity index (χ0) is 19.4. The van der Waals surface area contributed by atoms with E-state index in [1.807, 2.05) is 6.92 Å². The molecule has 1 fully saturated rings. The van der Waals surface area contributed by atoms with Gasteiger partial charge in [0.15, 0.2) is 9.84 Å². The molecule has 27 heavy (non-hydrogen) atoms. The Kier molecular flexibility index (Phi) is 6.19. The molecule has 0 aromatic heterocycles. The number of aliphatic hydroxyl groups excluding tert-OH is 1. The highest BCUT2D eigenvalue weighted by Gasteiger charge is 2.40. The Bertz CT molecular complexity index is 857. The van der Waals surface area contributed by atoms with Crippen LogP contribution in [0, 0.1) is 12.8 Å². The van der Waals surface area contributed by atoms with Crippen molar-refractivity contribution in [3.63, 3.8) is 0 Å². The Morgan fingerprint density at radius 2 is 1.74 bits per heavy atom. The average Bonchev–Trinajstić information content (AvgIpc) is 2.70. The van der Waals surface area contributed by atoms with Crippen molar-refractivity contribution in [1.82, 2.24) is 0 Å². The SMILES string of the molecule is COc1cccc(C(C(O)C2CCOCC2)S(=O)(=O)c2ccccc2)c1C. The first-order valence-electron chi connectivity index (χ1n) is 9.15. The summed E-state index contributed by atoms with van der Waals surface area (Å²) < 4.78 is 37.8. The Labute approximate surface area is 160 Å². The third-order valence-electron chi connectivity index (χ3n) is 5.32. The number of aliphatic hydroxyl groups is 1. The predicted octanol–water partition coefficient (Wildman–Crippen LogP) is 3.31. The van der Waals surface area contributed by atoms with Gasteiger partial charge in [0.2, 0.25) is 0 Å². The van der Waals surface area contributed by atoms with Crippen molar-refractivity contribution in [2.24, 2.45) is 5.92 Å². The summed E-state index contributed by atoms with van der Waals surface area (Å²) in [5.41, 5.74) is 1.31. The molecule has 0 saturated carbocycles. The van der Waals surface area contributed by atoms with Crippen LogP contribution >= 0.6 is 0 Å². The van der Waals surface area contributed by atoms with E-state index < -0.39 is 21.2 Å². The van der Waals surface area contributed by atoms with Crippen LogP contribution in [0.2, 0.25) is 0 Å². The lowest BCUT2D eigenvalue weighted by atomic mass is 9.88. The number of ether oxygens (including phenoxy) is 2. The van der Waals surface area contributed by atoms with Crippen molar-refractivity contribution in [3.8, 4) is 5.75 Å². The molecule has 0 aliphatic carbocycles. The summed E-state index contributed by atoms with van der Waals surface area (Å²) in [6, 6.07) is 13.7. The van der Waals surface area contributed by atoms with Crippen molar-refractivity contribution in [2.75, 3.05) is 20.3 Å². The molecule has 1 aliphatic heterocycles. The Hall–Kier alpha value is -1.89. The van der Waals surface area contributed by atoms with Gasteiger partial charge in [0.05, 0.1) is 18.1 Å². The van der Waals surface area contributed by atoms with E-state index in [0.717, 1.165) is 5.56 Å². The van der Waals surface area contributed by atoms with Crippen LogP contribution < -0.4 is 4.74 Å². The fraction of sp³-hybridized carbons (Fsp3) is 0.429. The van der Waals surface area contributed by atoms with E-state index in [-0.39, 0.29) is 10.8 Å². The third-order valence-corrected chi connectivity index (χ3v) is 7.45. The van der Waals surface area contributed by atoms with Crippen LogP contribution in [0.25, 0.3) is 0 Å². The van der Waals surface area contributed by atoms with E-state index in [1.54, 1.807) is 55.6 Å². The molecule has 1 heterocycles. The predicted molar refractivity (Wildman–Crippen MR) is 104 cm³/mol. The van der Waals surface area contributed by atoms with Gasteiger partial charge in [-0.05, 0) is 55.0 Å². The van der Waals surface area contributed by atoms with Gasteiger partial charge >= 0.3 is 0 Å². The van der Waals surface area contributed by atoms with Crippen LogP contribution in [-0.4, -0.2) is 40.0 Å². The molecule has 3 rings (SSSR count). The Morgan fingerprint density at radius 1 is 1.07 bits per heavy atom. The van der Waals surface area contributed by atoms with E-state index in [0.29, 0.717) is 37.4 Å². The highest BCUT2D eigenvalue weighted by Crippen LogP contribution is 2.40. The number of hydrogen-bond acceptors (Lipinski definition) is 5. The second-order valence-electron chi connectivity index (χ2n) is 6.89. The molecule has 0 bridgehead atoms. The Morgan fingerprint density at radius 3 is 2.37 bits per heavy atom. The molecule has 6 heteroatoms. The molecule has 2 unspecified atom stereocenters. The molecule has 146 valence electrons. The normalized spacial score (nSPS) is 18.0. The van der Waals surface area contributed by atoms with E-state index in [1.165, 1.54) is 0 Å². The van der Waals surface area contributed by atoms with Crippen molar-refractivity contribution >= 4 is 9.84 Å². The molecule has 0 amide bonds. The molecule has 2 aromatic carbocycles. The van der Waals surface area contributed by atoms with Gasteiger partial charge in [0.1, 0.15) is 11.0 Å². The van der Waals surface area contributed by atoms with Gasteiger partial charge in [0.25, 0.3) is 0 Å². The lowest BCUT2D eigenvalue weighted by Gasteiger charge is -2.33. The van der Waals surface area contributed by atoms with Crippen LogP contribution in [0.15, 0.2) is 53.4 Å². The lowest BCUT2D eigenvalue weighted by molar-refractivity contribution is 0.00619. The van der Waals surface area contributed by atoms with Crippen molar-refractivity contribution in [2.45, 2.75) is 36.0 Å². The second kappa shape index (κ2) is 8.42. The number of hydrogen-bond donors (Lipinski definition) is 1. The van der Waals surface area contributed by atoms with Crippen molar-refractivity contribution in [3.05, 3.63) is 59.7 Å². The molecule has 0 spiro atoms. The second-order valence-corrected chi connectivity index (χ2v) is 8.96. The number of sulfone groups is 1. The molecule has 5 nitrogen and oxygen atoms in total. The summed E-state index contributed by atoms with van der Waals surface area (Å²) in [6.45, 7) is 2.91. The highest BCUT2D eigenvalue weighted by atomic mass is 32.2. The fourth-order valence-electron chi connectivity index (χ4n) is 3.76. The maximum atomic E-state index is 13.5. The first-order valence-corrected chi connectivity index (χ1v) is 10.7. The molecule has 2 aromatic rings. The smallest absolute Gasteiger partial charge is 0.187 e. The van der Waals surface area contributed by atoms with E-state index in [9.17, 15) is 13.5 Å². The van der Waals surface area contributed by atoms with Crippen LogP contribution in [0.1, 0.15) is 29.2 Å². The van der Waals surface area contributed by atoms with Crippen LogP contribution in [0.3, 0.4) is 0 Å². The van der Waals surface area contributed by atoms with Crippen molar-refractivity contribution < 1.29 is 23.0 Å². The van der Waals surface area contributed by atoms with E-state index in [2.05, 4.69) is 0 Å². The summed E-state index contributed by atoms with van der Waals surface area (Å²) in [6.07, 6.45) is 0.264. The largest absolute Gasteiger partial charge is 0.496 e. The standard InChI is InChI=1S/C21H26O5S/c1-15-18(9-6-10-19(15)25-2)21(20(22)16-11-13-26-14-12-16)27(23,24)17-7-4-3-5-8-17/h3-10,16,20-22H,11-14H2,1-2H3. The monoisotopic (exact) mass is 390 g/mol. The zero-order valence-electron chi connectivity index (χ0n) is 15.7. The number of methoxy groups -OCH3 is 1. The molecule has 0 radical (unpaired) electrons. The molecule has 1 aliphatic rings. The van der Waals surface area contributed by atoms with Gasteiger partial charge in [-0.3, -0.25) is 0 Å². The maximum Gasteiger partial charge on any atom is 0.187 e. The van der Waals surface area contributed by atoms with Gasteiger partial charge in [-0.2, -0.15) is 0 Å². The summed E-state index contributed by atoms with van der Waals surface area (Å²) >= 11 is 0. The molecule has 1 saturated heterocycles. The van der Waals surface area contributed by atoms with Gasteiger partial charge in [-0.1, -0.05) is 30.3 Å². The molecule has 2 atom stereocenters. The average molecular weight is 391 g/mol. The van der Waals surface area contributed by atoms with Crippen LogP contribution in [-0.2, 0) is 14.6 Å². The highest BCUT2D eigenvalue weighted by molar-refractivity contribution is 7.91. The topological polar surface area (TPSA) is 72.8 Å². The quantitative estimate of drug-likeness (QED) is 0.819. The Balaban J connectivity index is 2.12. The van der Waals surface area contributed by atoms with Crippen LogP contribution in [0.4, 0.5) is 0 Å². The summed E-state index contributed by atoms with van der Waals surface area (Å²) in [5, 5.41) is 10.1. The summed E-state index contributed by atoms with van der Waals surface area (Å²) in [4.78, 5) is 0.211. The molecular formula is C21H26O5S. The van der Waals surface area contributed by atoms with Gasteiger partial charge in [-0.25, -0.2) is 8.42 Å².